The minimum atomic E-state index is -0.135. The highest BCUT2D eigenvalue weighted by atomic mass is 16.2. The third kappa shape index (κ3) is 2.29. The molecule has 4 rings (SSSR count). The van der Waals surface area contributed by atoms with E-state index in [9.17, 15) is 14.4 Å². The summed E-state index contributed by atoms with van der Waals surface area (Å²) in [5, 5.41) is 1.09. The van der Waals surface area contributed by atoms with E-state index in [2.05, 4.69) is 0 Å². The van der Waals surface area contributed by atoms with Crippen molar-refractivity contribution in [1.29, 1.82) is 0 Å². The maximum atomic E-state index is 12.5. The number of hydrogen-bond donors (Lipinski definition) is 0. The standard InChI is InChI=1S/C18H19N3O3/c1-19-9-12(14-4-2-3-5-15(14)19)8-18(24)20-10-13(11-20)21-16(22)6-7-17(21)23/h2-5,9,13H,6-8,10-11H2,1H3. The molecule has 0 radical (unpaired) electrons. The highest BCUT2D eigenvalue weighted by Crippen LogP contribution is 2.25. The molecule has 1 aromatic heterocycles. The number of likely N-dealkylation sites (tertiary alicyclic amines) is 2. The average Bonchev–Trinajstić information content (AvgIpc) is 3.01. The molecule has 3 amide bonds. The van der Waals surface area contributed by atoms with E-state index in [0.717, 1.165) is 16.5 Å². The molecule has 6 nitrogen and oxygen atoms in total. The van der Waals surface area contributed by atoms with Gasteiger partial charge in [0.05, 0.1) is 12.5 Å². The summed E-state index contributed by atoms with van der Waals surface area (Å²) in [4.78, 5) is 39.0. The molecule has 0 N–H and O–H groups in total. The number of benzene rings is 1. The molecular formula is C18H19N3O3. The van der Waals surface area contributed by atoms with Crippen LogP contribution in [0.1, 0.15) is 18.4 Å². The second-order valence-electron chi connectivity index (χ2n) is 6.57. The van der Waals surface area contributed by atoms with Gasteiger partial charge in [-0.3, -0.25) is 19.3 Å². The van der Waals surface area contributed by atoms with Crippen molar-refractivity contribution in [3.05, 3.63) is 36.0 Å². The molecule has 0 spiro atoms. The van der Waals surface area contributed by atoms with Crippen molar-refractivity contribution in [1.82, 2.24) is 14.4 Å². The predicted molar refractivity (Wildman–Crippen MR) is 88.1 cm³/mol. The van der Waals surface area contributed by atoms with E-state index < -0.39 is 0 Å². The van der Waals surface area contributed by atoms with E-state index in [1.807, 2.05) is 42.1 Å². The Kier molecular flexibility index (Phi) is 3.40. The first kappa shape index (κ1) is 14.9. The molecule has 2 aliphatic rings. The largest absolute Gasteiger partial charge is 0.350 e. The van der Waals surface area contributed by atoms with Gasteiger partial charge in [0.15, 0.2) is 0 Å². The Balaban J connectivity index is 1.43. The lowest BCUT2D eigenvalue weighted by Crippen LogP contribution is -2.62. The summed E-state index contributed by atoms with van der Waals surface area (Å²) in [6.07, 6.45) is 2.95. The number of aromatic nitrogens is 1. The molecule has 3 heterocycles. The fraction of sp³-hybridized carbons (Fsp3) is 0.389. The number of carbonyl (C=O) groups is 3. The van der Waals surface area contributed by atoms with Crippen LogP contribution in [0.3, 0.4) is 0 Å². The van der Waals surface area contributed by atoms with Gasteiger partial charge in [0.2, 0.25) is 17.7 Å². The third-order valence-electron chi connectivity index (χ3n) is 4.99. The smallest absolute Gasteiger partial charge is 0.230 e. The van der Waals surface area contributed by atoms with Crippen molar-refractivity contribution in [2.45, 2.75) is 25.3 Å². The van der Waals surface area contributed by atoms with E-state index >= 15 is 0 Å². The van der Waals surface area contributed by atoms with E-state index in [1.165, 1.54) is 4.90 Å². The third-order valence-corrected chi connectivity index (χ3v) is 4.99. The first-order valence-electron chi connectivity index (χ1n) is 8.20. The number of nitrogens with zero attached hydrogens (tertiary/aromatic N) is 3. The van der Waals surface area contributed by atoms with Gasteiger partial charge < -0.3 is 9.47 Å². The molecule has 0 bridgehead atoms. The van der Waals surface area contributed by atoms with Crippen molar-refractivity contribution in [2.75, 3.05) is 13.1 Å². The fourth-order valence-electron chi connectivity index (χ4n) is 3.66. The normalized spacial score (nSPS) is 18.5. The first-order chi connectivity index (χ1) is 11.5. The number of aryl methyl sites for hydroxylation is 1. The number of amides is 3. The lowest BCUT2D eigenvalue weighted by Gasteiger charge is -2.43. The molecule has 124 valence electrons. The van der Waals surface area contributed by atoms with Gasteiger partial charge >= 0.3 is 0 Å². The van der Waals surface area contributed by atoms with Crippen LogP contribution < -0.4 is 0 Å². The molecule has 1 aromatic carbocycles. The van der Waals surface area contributed by atoms with Crippen molar-refractivity contribution in [3.63, 3.8) is 0 Å². The molecule has 0 unspecified atom stereocenters. The van der Waals surface area contributed by atoms with Crippen LogP contribution >= 0.6 is 0 Å². The van der Waals surface area contributed by atoms with Gasteiger partial charge in [0, 0.05) is 50.1 Å². The fourth-order valence-corrected chi connectivity index (χ4v) is 3.66. The van der Waals surface area contributed by atoms with Gasteiger partial charge in [-0.1, -0.05) is 18.2 Å². The van der Waals surface area contributed by atoms with Crippen molar-refractivity contribution in [2.24, 2.45) is 7.05 Å². The molecule has 24 heavy (non-hydrogen) atoms. The summed E-state index contributed by atoms with van der Waals surface area (Å²) < 4.78 is 2.03. The SMILES string of the molecule is Cn1cc(CC(=O)N2CC(N3C(=O)CCC3=O)C2)c2ccccc21. The zero-order valence-electron chi connectivity index (χ0n) is 13.6. The number of para-hydroxylation sites is 1. The van der Waals surface area contributed by atoms with Gasteiger partial charge in [-0.25, -0.2) is 0 Å². The first-order valence-corrected chi connectivity index (χ1v) is 8.20. The Bertz CT molecular complexity index is 832. The van der Waals surface area contributed by atoms with E-state index in [1.54, 1.807) is 4.90 Å². The molecule has 0 atom stereocenters. The molecule has 0 saturated carbocycles. The summed E-state index contributed by atoms with van der Waals surface area (Å²) in [6, 6.07) is 7.88. The lowest BCUT2D eigenvalue weighted by atomic mass is 10.0. The van der Waals surface area contributed by atoms with Gasteiger partial charge in [-0.2, -0.15) is 0 Å². The number of rotatable bonds is 3. The summed E-state index contributed by atoms with van der Waals surface area (Å²) in [6.45, 7) is 0.919. The van der Waals surface area contributed by atoms with Crippen LogP contribution in [0.5, 0.6) is 0 Å². The molecule has 2 fully saturated rings. The maximum Gasteiger partial charge on any atom is 0.230 e. The second-order valence-corrected chi connectivity index (χ2v) is 6.57. The van der Waals surface area contributed by atoms with Gasteiger partial charge in [-0.05, 0) is 11.6 Å². The Morgan fingerprint density at radius 3 is 2.50 bits per heavy atom. The average molecular weight is 325 g/mol. The summed E-state index contributed by atoms with van der Waals surface area (Å²) in [5.74, 6) is -0.168. The molecule has 2 aromatic rings. The van der Waals surface area contributed by atoms with Crippen molar-refractivity contribution >= 4 is 28.6 Å². The summed E-state index contributed by atoms with van der Waals surface area (Å²) in [5.41, 5.74) is 2.12. The van der Waals surface area contributed by atoms with Crippen LogP contribution in [-0.4, -0.2) is 51.2 Å². The number of fused-ring (bicyclic) bond motifs is 1. The maximum absolute atomic E-state index is 12.5. The zero-order valence-corrected chi connectivity index (χ0v) is 13.6. The van der Waals surface area contributed by atoms with Crippen molar-refractivity contribution in [3.8, 4) is 0 Å². The minimum absolute atomic E-state index is 0.0432. The van der Waals surface area contributed by atoms with Crippen LogP contribution in [0.2, 0.25) is 0 Å². The Morgan fingerprint density at radius 2 is 1.79 bits per heavy atom. The highest BCUT2D eigenvalue weighted by Gasteiger charge is 2.42. The number of hydrogen-bond acceptors (Lipinski definition) is 3. The Morgan fingerprint density at radius 1 is 1.12 bits per heavy atom. The van der Waals surface area contributed by atoms with Crippen LogP contribution in [0.15, 0.2) is 30.5 Å². The van der Waals surface area contributed by atoms with Crippen LogP contribution in [0, 0.1) is 0 Å². The van der Waals surface area contributed by atoms with E-state index in [4.69, 9.17) is 0 Å². The van der Waals surface area contributed by atoms with Gasteiger partial charge in [-0.15, -0.1) is 0 Å². The predicted octanol–water partition coefficient (Wildman–Crippen LogP) is 1.08. The molecule has 2 saturated heterocycles. The number of carbonyl (C=O) groups excluding carboxylic acids is 3. The molecule has 2 aliphatic heterocycles. The Labute approximate surface area is 139 Å². The van der Waals surface area contributed by atoms with Crippen LogP contribution in [-0.2, 0) is 27.9 Å². The van der Waals surface area contributed by atoms with Crippen LogP contribution in [0.25, 0.3) is 10.9 Å². The zero-order chi connectivity index (χ0) is 16.8. The van der Waals surface area contributed by atoms with Crippen molar-refractivity contribution < 1.29 is 14.4 Å². The monoisotopic (exact) mass is 325 g/mol. The molecule has 0 aliphatic carbocycles. The molecular weight excluding hydrogens is 306 g/mol. The van der Waals surface area contributed by atoms with Crippen LogP contribution in [0.4, 0.5) is 0 Å². The van der Waals surface area contributed by atoms with Gasteiger partial charge in [0.1, 0.15) is 0 Å². The molecule has 6 heteroatoms. The number of imide groups is 1. The summed E-state index contributed by atoms with van der Waals surface area (Å²) in [7, 11) is 1.97. The minimum Gasteiger partial charge on any atom is -0.350 e. The van der Waals surface area contributed by atoms with Gasteiger partial charge in [0.25, 0.3) is 0 Å². The highest BCUT2D eigenvalue weighted by molar-refractivity contribution is 6.02. The second kappa shape index (κ2) is 5.47. The topological polar surface area (TPSA) is 62.6 Å². The Hall–Kier alpha value is -2.63. The van der Waals surface area contributed by atoms with E-state index in [-0.39, 0.29) is 23.8 Å². The summed E-state index contributed by atoms with van der Waals surface area (Å²) >= 11 is 0. The lowest BCUT2D eigenvalue weighted by molar-refractivity contribution is -0.151. The van der Waals surface area contributed by atoms with E-state index in [0.29, 0.717) is 32.4 Å². The quantitative estimate of drug-likeness (QED) is 0.794.